The summed E-state index contributed by atoms with van der Waals surface area (Å²) in [5, 5.41) is 10.0. The molecule has 21 heavy (non-hydrogen) atoms. The Morgan fingerprint density at radius 2 is 2.14 bits per heavy atom. The predicted octanol–water partition coefficient (Wildman–Crippen LogP) is 2.35. The van der Waals surface area contributed by atoms with Gasteiger partial charge in [-0.05, 0) is 31.9 Å². The number of ether oxygens (including phenoxy) is 1. The predicted molar refractivity (Wildman–Crippen MR) is 77.5 cm³/mol. The van der Waals surface area contributed by atoms with Crippen LogP contribution in [-0.4, -0.2) is 41.2 Å². The van der Waals surface area contributed by atoms with Crippen LogP contribution < -0.4 is 4.74 Å². The van der Waals surface area contributed by atoms with Crippen molar-refractivity contribution in [2.75, 3.05) is 7.05 Å². The van der Waals surface area contributed by atoms with E-state index >= 15 is 0 Å². The number of amides is 1. The molecule has 1 fully saturated rings. The molecule has 116 valence electrons. The Morgan fingerprint density at radius 3 is 2.81 bits per heavy atom. The fraction of sp³-hybridized carbons (Fsp3) is 0.562. The van der Waals surface area contributed by atoms with Crippen LogP contribution in [0.1, 0.15) is 32.6 Å². The van der Waals surface area contributed by atoms with Gasteiger partial charge in [0.2, 0.25) is 0 Å². The third-order valence-electron chi connectivity index (χ3n) is 4.00. The van der Waals surface area contributed by atoms with E-state index in [1.807, 2.05) is 0 Å². The van der Waals surface area contributed by atoms with E-state index in [9.17, 15) is 14.3 Å². The second-order valence-corrected chi connectivity index (χ2v) is 5.59. The van der Waals surface area contributed by atoms with Crippen molar-refractivity contribution in [3.8, 4) is 5.75 Å². The van der Waals surface area contributed by atoms with E-state index in [0.717, 1.165) is 25.7 Å². The molecule has 3 atom stereocenters. The van der Waals surface area contributed by atoms with Gasteiger partial charge in [0.15, 0.2) is 6.10 Å². The van der Waals surface area contributed by atoms with Crippen LogP contribution in [0.3, 0.4) is 0 Å². The Kier molecular flexibility index (Phi) is 5.17. The minimum atomic E-state index is -0.717. The average molecular weight is 295 g/mol. The molecule has 1 N–H and O–H groups in total. The second-order valence-electron chi connectivity index (χ2n) is 5.59. The molecule has 0 saturated heterocycles. The molecule has 1 aliphatic carbocycles. The Hall–Kier alpha value is -1.62. The highest BCUT2D eigenvalue weighted by molar-refractivity contribution is 5.81. The smallest absolute Gasteiger partial charge is 0.263 e. The molecule has 2 rings (SSSR count). The summed E-state index contributed by atoms with van der Waals surface area (Å²) in [6.45, 7) is 1.64. The summed E-state index contributed by atoms with van der Waals surface area (Å²) < 4.78 is 18.6. The lowest BCUT2D eigenvalue weighted by Crippen LogP contribution is -2.50. The topological polar surface area (TPSA) is 49.8 Å². The monoisotopic (exact) mass is 295 g/mol. The first kappa shape index (κ1) is 15.8. The van der Waals surface area contributed by atoms with Gasteiger partial charge < -0.3 is 14.7 Å². The van der Waals surface area contributed by atoms with Crippen molar-refractivity contribution >= 4 is 5.91 Å². The second kappa shape index (κ2) is 6.89. The molecular weight excluding hydrogens is 273 g/mol. The summed E-state index contributed by atoms with van der Waals surface area (Å²) in [6.07, 6.45) is 2.34. The highest BCUT2D eigenvalue weighted by Gasteiger charge is 2.31. The molecule has 1 saturated carbocycles. The summed E-state index contributed by atoms with van der Waals surface area (Å²) in [6, 6.07) is 5.56. The highest BCUT2D eigenvalue weighted by Crippen LogP contribution is 2.23. The zero-order valence-corrected chi connectivity index (χ0v) is 12.5. The molecule has 0 aliphatic heterocycles. The number of aliphatic hydroxyl groups is 1. The van der Waals surface area contributed by atoms with E-state index < -0.39 is 18.0 Å². The van der Waals surface area contributed by atoms with Gasteiger partial charge in [-0.25, -0.2) is 4.39 Å². The summed E-state index contributed by atoms with van der Waals surface area (Å²) >= 11 is 0. The molecule has 0 radical (unpaired) electrons. The number of rotatable bonds is 4. The maximum Gasteiger partial charge on any atom is 0.263 e. The maximum absolute atomic E-state index is 13.1. The van der Waals surface area contributed by atoms with Gasteiger partial charge in [0.05, 0.1) is 12.1 Å². The number of halogens is 1. The Labute approximate surface area is 124 Å². The van der Waals surface area contributed by atoms with E-state index in [-0.39, 0.29) is 11.9 Å². The van der Waals surface area contributed by atoms with E-state index in [4.69, 9.17) is 4.74 Å². The van der Waals surface area contributed by atoms with E-state index in [1.54, 1.807) is 24.9 Å². The number of likely N-dealkylation sites (N-methyl/N-ethyl adjacent to an activating group) is 1. The van der Waals surface area contributed by atoms with Gasteiger partial charge in [-0.1, -0.05) is 18.9 Å². The van der Waals surface area contributed by atoms with Gasteiger partial charge in [0.25, 0.3) is 5.91 Å². The van der Waals surface area contributed by atoms with Gasteiger partial charge in [-0.2, -0.15) is 0 Å². The summed E-state index contributed by atoms with van der Waals surface area (Å²) in [4.78, 5) is 13.9. The number of nitrogens with zero attached hydrogens (tertiary/aromatic N) is 1. The molecule has 0 aromatic heterocycles. The van der Waals surface area contributed by atoms with Crippen molar-refractivity contribution < 1.29 is 19.0 Å². The normalized spacial score (nSPS) is 23.4. The number of carbonyl (C=O) groups is 1. The van der Waals surface area contributed by atoms with Gasteiger partial charge in [-0.15, -0.1) is 0 Å². The molecule has 0 heterocycles. The van der Waals surface area contributed by atoms with Crippen LogP contribution in [0.4, 0.5) is 4.39 Å². The number of benzene rings is 1. The van der Waals surface area contributed by atoms with Crippen LogP contribution >= 0.6 is 0 Å². The zero-order chi connectivity index (χ0) is 15.4. The molecule has 0 bridgehead atoms. The Bertz CT molecular complexity index is 494. The van der Waals surface area contributed by atoms with Crippen molar-refractivity contribution in [3.63, 3.8) is 0 Å². The van der Waals surface area contributed by atoms with Crippen LogP contribution in [0.2, 0.25) is 0 Å². The molecule has 1 aromatic rings. The standard InChI is InChI=1S/C16H22FNO3/c1-11(21-13-7-5-6-12(17)10-13)16(20)18(2)14-8-3-4-9-15(14)19/h5-7,10-11,14-15,19H,3-4,8-9H2,1-2H3. The molecule has 1 amide bonds. The number of hydrogen-bond acceptors (Lipinski definition) is 3. The first-order chi connectivity index (χ1) is 9.99. The first-order valence-electron chi connectivity index (χ1n) is 7.36. The SMILES string of the molecule is CC(Oc1cccc(F)c1)C(=O)N(C)C1CCCCC1O. The van der Waals surface area contributed by atoms with Gasteiger partial charge in [0, 0.05) is 13.1 Å². The minimum absolute atomic E-state index is 0.162. The van der Waals surface area contributed by atoms with Crippen molar-refractivity contribution in [1.29, 1.82) is 0 Å². The van der Waals surface area contributed by atoms with Crippen LogP contribution in [0.15, 0.2) is 24.3 Å². The number of carbonyl (C=O) groups excluding carboxylic acids is 1. The molecule has 1 aliphatic rings. The fourth-order valence-corrected chi connectivity index (χ4v) is 2.79. The summed E-state index contributed by atoms with van der Waals surface area (Å²) in [7, 11) is 1.69. The van der Waals surface area contributed by atoms with Crippen LogP contribution in [0, 0.1) is 5.82 Å². The molecular formula is C16H22FNO3. The van der Waals surface area contributed by atoms with Gasteiger partial charge >= 0.3 is 0 Å². The van der Waals surface area contributed by atoms with Crippen molar-refractivity contribution in [3.05, 3.63) is 30.1 Å². The largest absolute Gasteiger partial charge is 0.481 e. The van der Waals surface area contributed by atoms with E-state index in [0.29, 0.717) is 5.75 Å². The van der Waals surface area contributed by atoms with Crippen LogP contribution in [0.5, 0.6) is 5.75 Å². The third kappa shape index (κ3) is 3.94. The van der Waals surface area contributed by atoms with Crippen LogP contribution in [0.25, 0.3) is 0 Å². The lowest BCUT2D eigenvalue weighted by Gasteiger charge is -2.36. The molecule has 3 unspecified atom stereocenters. The molecule has 0 spiro atoms. The lowest BCUT2D eigenvalue weighted by atomic mass is 9.91. The highest BCUT2D eigenvalue weighted by atomic mass is 19.1. The summed E-state index contributed by atoms with van der Waals surface area (Å²) in [5.74, 6) is -0.276. The molecule has 4 nitrogen and oxygen atoms in total. The quantitative estimate of drug-likeness (QED) is 0.927. The Balaban J connectivity index is 1.98. The van der Waals surface area contributed by atoms with Crippen molar-refractivity contribution in [2.24, 2.45) is 0 Å². The maximum atomic E-state index is 13.1. The van der Waals surface area contributed by atoms with E-state index in [1.165, 1.54) is 18.2 Å². The van der Waals surface area contributed by atoms with Gasteiger partial charge in [0.1, 0.15) is 11.6 Å². The van der Waals surface area contributed by atoms with Crippen molar-refractivity contribution in [2.45, 2.75) is 50.9 Å². The van der Waals surface area contributed by atoms with Crippen LogP contribution in [-0.2, 0) is 4.79 Å². The third-order valence-corrected chi connectivity index (χ3v) is 4.00. The Morgan fingerprint density at radius 1 is 1.43 bits per heavy atom. The van der Waals surface area contributed by atoms with Crippen molar-refractivity contribution in [1.82, 2.24) is 4.90 Å². The molecule has 5 heteroatoms. The number of aliphatic hydroxyl groups excluding tert-OH is 1. The summed E-state index contributed by atoms with van der Waals surface area (Å²) in [5.41, 5.74) is 0. The minimum Gasteiger partial charge on any atom is -0.481 e. The lowest BCUT2D eigenvalue weighted by molar-refractivity contribution is -0.142. The average Bonchev–Trinajstić information content (AvgIpc) is 2.46. The fourth-order valence-electron chi connectivity index (χ4n) is 2.79. The van der Waals surface area contributed by atoms with E-state index in [2.05, 4.69) is 0 Å². The first-order valence-corrected chi connectivity index (χ1v) is 7.36. The van der Waals surface area contributed by atoms with Gasteiger partial charge in [-0.3, -0.25) is 4.79 Å². The molecule has 1 aromatic carbocycles. The number of hydrogen-bond donors (Lipinski definition) is 1. The zero-order valence-electron chi connectivity index (χ0n) is 12.5.